The van der Waals surface area contributed by atoms with Crippen molar-refractivity contribution in [2.75, 3.05) is 0 Å². The molecule has 2 rings (SSSR count). The minimum Gasteiger partial charge on any atom is -0.377 e. The zero-order valence-corrected chi connectivity index (χ0v) is 10.3. The minimum atomic E-state index is -0.453. The van der Waals surface area contributed by atoms with Gasteiger partial charge in [0.15, 0.2) is 0 Å². The number of allylic oxidation sites excluding steroid dienone is 4. The van der Waals surface area contributed by atoms with Gasteiger partial charge in [-0.3, -0.25) is 0 Å². The van der Waals surface area contributed by atoms with Crippen LogP contribution >= 0.6 is 0 Å². The summed E-state index contributed by atoms with van der Waals surface area (Å²) in [5.41, 5.74) is 8.41. The lowest BCUT2D eigenvalue weighted by molar-refractivity contribution is 0.115. The predicted molar refractivity (Wildman–Crippen MR) is 69.9 cm³/mol. The largest absolute Gasteiger partial charge is 0.377 e. The number of hydrogen-bond donors (Lipinski definition) is 3. The topological polar surface area (TPSA) is 44.3 Å². The van der Waals surface area contributed by atoms with Crippen molar-refractivity contribution >= 4 is 0 Å². The molecule has 3 N–H and O–H groups in total. The Bertz CT molecular complexity index is 331. The van der Waals surface area contributed by atoms with Crippen molar-refractivity contribution in [2.24, 2.45) is 0 Å². The summed E-state index contributed by atoms with van der Waals surface area (Å²) >= 11 is 0. The molecule has 0 saturated heterocycles. The maximum atomic E-state index is 9.59. The van der Waals surface area contributed by atoms with E-state index in [1.165, 1.54) is 37.7 Å². The molecule has 3 nitrogen and oxygen atoms in total. The second-order valence-electron chi connectivity index (χ2n) is 4.75. The van der Waals surface area contributed by atoms with Gasteiger partial charge < -0.3 is 10.5 Å². The Hall–Kier alpha value is -1.06. The molecule has 0 saturated carbocycles. The Morgan fingerprint density at radius 1 is 1.12 bits per heavy atom. The third kappa shape index (κ3) is 4.02. The number of hydrazine groups is 1. The van der Waals surface area contributed by atoms with Crippen LogP contribution in [0.4, 0.5) is 0 Å². The molecule has 17 heavy (non-hydrogen) atoms. The zero-order chi connectivity index (χ0) is 11.9. The van der Waals surface area contributed by atoms with Gasteiger partial charge in [0.1, 0.15) is 6.23 Å². The van der Waals surface area contributed by atoms with E-state index < -0.39 is 6.23 Å². The molecule has 0 spiro atoms. The lowest BCUT2D eigenvalue weighted by atomic mass is 9.99. The van der Waals surface area contributed by atoms with Crippen molar-refractivity contribution in [1.29, 1.82) is 0 Å². The second-order valence-corrected chi connectivity index (χ2v) is 4.75. The van der Waals surface area contributed by atoms with Crippen molar-refractivity contribution in [2.45, 2.75) is 51.2 Å². The lowest BCUT2D eigenvalue weighted by Gasteiger charge is -2.25. The van der Waals surface area contributed by atoms with E-state index in [9.17, 15) is 5.11 Å². The molecule has 0 radical (unpaired) electrons. The Morgan fingerprint density at radius 3 is 2.94 bits per heavy atom. The Balaban J connectivity index is 2.09. The van der Waals surface area contributed by atoms with Gasteiger partial charge in [0.25, 0.3) is 0 Å². The molecule has 1 unspecified atom stereocenters. The normalized spacial score (nSPS) is 30.5. The first-order chi connectivity index (χ1) is 8.36. The molecular weight excluding hydrogens is 212 g/mol. The summed E-state index contributed by atoms with van der Waals surface area (Å²) in [6, 6.07) is 0. The van der Waals surface area contributed by atoms with Crippen LogP contribution in [0.5, 0.6) is 0 Å². The maximum Gasteiger partial charge on any atom is 0.125 e. The summed E-state index contributed by atoms with van der Waals surface area (Å²) in [6.07, 6.45) is 16.2. The third-order valence-corrected chi connectivity index (χ3v) is 3.30. The van der Waals surface area contributed by atoms with Crippen LogP contribution in [0.15, 0.2) is 35.6 Å². The van der Waals surface area contributed by atoms with Crippen LogP contribution < -0.4 is 10.9 Å². The molecule has 94 valence electrons. The van der Waals surface area contributed by atoms with Crippen molar-refractivity contribution in [3.63, 3.8) is 0 Å². The molecule has 0 aromatic heterocycles. The van der Waals surface area contributed by atoms with Crippen LogP contribution in [-0.4, -0.2) is 11.3 Å². The van der Waals surface area contributed by atoms with Gasteiger partial charge in [0, 0.05) is 12.1 Å². The molecule has 0 fully saturated rings. The van der Waals surface area contributed by atoms with Crippen LogP contribution in [-0.2, 0) is 0 Å². The minimum absolute atomic E-state index is 0.453. The molecule has 1 aliphatic heterocycles. The van der Waals surface area contributed by atoms with Crippen molar-refractivity contribution in [3.05, 3.63) is 35.6 Å². The highest BCUT2D eigenvalue weighted by Gasteiger charge is 2.16. The average molecular weight is 234 g/mol. The van der Waals surface area contributed by atoms with Crippen LogP contribution in [0.1, 0.15) is 44.9 Å². The molecule has 1 atom stereocenters. The smallest absolute Gasteiger partial charge is 0.125 e. The molecule has 1 heterocycles. The van der Waals surface area contributed by atoms with Crippen molar-refractivity contribution < 1.29 is 5.11 Å². The van der Waals surface area contributed by atoms with Gasteiger partial charge in [0.05, 0.1) is 0 Å². The molecule has 3 heteroatoms. The van der Waals surface area contributed by atoms with Crippen molar-refractivity contribution in [1.82, 2.24) is 10.9 Å². The summed E-state index contributed by atoms with van der Waals surface area (Å²) in [4.78, 5) is 0. The van der Waals surface area contributed by atoms with E-state index in [1.54, 1.807) is 0 Å². The van der Waals surface area contributed by atoms with Gasteiger partial charge in [-0.15, -0.1) is 0 Å². The van der Waals surface area contributed by atoms with Gasteiger partial charge in [0.2, 0.25) is 0 Å². The fourth-order valence-corrected chi connectivity index (χ4v) is 2.32. The van der Waals surface area contributed by atoms with E-state index in [0.717, 1.165) is 18.5 Å². The Labute approximate surface area is 103 Å². The number of aliphatic hydroxyl groups excluding tert-OH is 1. The van der Waals surface area contributed by atoms with E-state index in [0.29, 0.717) is 0 Å². The van der Waals surface area contributed by atoms with Gasteiger partial charge in [-0.25, -0.2) is 5.43 Å². The molecular formula is C14H22N2O. The first-order valence-corrected chi connectivity index (χ1v) is 6.61. The van der Waals surface area contributed by atoms with Crippen molar-refractivity contribution in [3.8, 4) is 0 Å². The summed E-state index contributed by atoms with van der Waals surface area (Å²) in [5.74, 6) is 0. The first kappa shape index (κ1) is 12.4. The van der Waals surface area contributed by atoms with E-state index in [-0.39, 0.29) is 0 Å². The highest BCUT2D eigenvalue weighted by atomic mass is 16.3. The van der Waals surface area contributed by atoms with E-state index in [1.807, 2.05) is 0 Å². The Kier molecular flexibility index (Phi) is 4.83. The average Bonchev–Trinajstić information content (AvgIpc) is 2.31. The number of nitrogens with one attached hydrogen (secondary N) is 2. The summed E-state index contributed by atoms with van der Waals surface area (Å²) in [5, 5.41) is 9.59. The predicted octanol–water partition coefficient (Wildman–Crippen LogP) is 2.52. The second kappa shape index (κ2) is 6.62. The van der Waals surface area contributed by atoms with E-state index >= 15 is 0 Å². The molecule has 0 bridgehead atoms. The number of hydrogen-bond acceptors (Lipinski definition) is 3. The van der Waals surface area contributed by atoms with Crippen LogP contribution in [0.25, 0.3) is 0 Å². The fraction of sp³-hybridized carbons (Fsp3) is 0.571. The SMILES string of the molecule is OC1CC2=C(/C=C/C=C/CCCCCC2)NN1. The van der Waals surface area contributed by atoms with E-state index in [4.69, 9.17) is 0 Å². The fourth-order valence-electron chi connectivity index (χ4n) is 2.32. The number of rotatable bonds is 0. The van der Waals surface area contributed by atoms with Gasteiger partial charge in [-0.05, 0) is 37.3 Å². The molecule has 0 aromatic carbocycles. The summed E-state index contributed by atoms with van der Waals surface area (Å²) < 4.78 is 0. The van der Waals surface area contributed by atoms with Gasteiger partial charge >= 0.3 is 0 Å². The van der Waals surface area contributed by atoms with Gasteiger partial charge in [-0.2, -0.15) is 0 Å². The quantitative estimate of drug-likeness (QED) is 0.603. The van der Waals surface area contributed by atoms with Crippen LogP contribution in [0.3, 0.4) is 0 Å². The molecule has 0 aromatic rings. The molecule has 2 aliphatic rings. The first-order valence-electron chi connectivity index (χ1n) is 6.61. The summed E-state index contributed by atoms with van der Waals surface area (Å²) in [6.45, 7) is 0. The van der Waals surface area contributed by atoms with Crippen LogP contribution in [0, 0.1) is 0 Å². The highest BCUT2D eigenvalue weighted by molar-refractivity contribution is 5.28. The summed E-state index contributed by atoms with van der Waals surface area (Å²) in [7, 11) is 0. The number of aliphatic hydroxyl groups is 1. The molecule has 0 amide bonds. The zero-order valence-electron chi connectivity index (χ0n) is 10.3. The lowest BCUT2D eigenvalue weighted by Crippen LogP contribution is -2.44. The Morgan fingerprint density at radius 2 is 2.00 bits per heavy atom. The van der Waals surface area contributed by atoms with E-state index in [2.05, 4.69) is 35.2 Å². The molecule has 1 aliphatic carbocycles. The standard InChI is InChI=1S/C14H22N2O/c17-14-11-12-9-7-5-3-1-2-4-6-8-10-13(12)15-16-14/h4,6,8,10,14-17H,1-3,5,7,9,11H2/b6-4+,10-8+. The monoisotopic (exact) mass is 234 g/mol. The van der Waals surface area contributed by atoms with Gasteiger partial charge in [-0.1, -0.05) is 31.1 Å². The van der Waals surface area contributed by atoms with Crippen LogP contribution in [0.2, 0.25) is 0 Å². The highest BCUT2D eigenvalue weighted by Crippen LogP contribution is 2.21. The third-order valence-electron chi connectivity index (χ3n) is 3.30. The maximum absolute atomic E-state index is 9.59.